The number of carbonyl (C=O) groups excluding carboxylic acids is 1. The van der Waals surface area contributed by atoms with E-state index in [0.717, 1.165) is 49.9 Å². The van der Waals surface area contributed by atoms with E-state index in [-0.39, 0.29) is 35.0 Å². The highest BCUT2D eigenvalue weighted by atomic mass is 32.2. The number of hydrogen-bond donors (Lipinski definition) is 1. The van der Waals surface area contributed by atoms with Gasteiger partial charge in [0, 0.05) is 26.2 Å². The lowest BCUT2D eigenvalue weighted by molar-refractivity contribution is 0.143. The van der Waals surface area contributed by atoms with Crippen LogP contribution in [0.5, 0.6) is 11.5 Å². The summed E-state index contributed by atoms with van der Waals surface area (Å²) < 4.78 is 54.3. The third-order valence-corrected chi connectivity index (χ3v) is 6.94. The highest BCUT2D eigenvalue weighted by Crippen LogP contribution is 2.31. The van der Waals surface area contributed by atoms with Crippen molar-refractivity contribution in [2.24, 2.45) is 0 Å². The van der Waals surface area contributed by atoms with E-state index in [4.69, 9.17) is 13.7 Å². The van der Waals surface area contributed by atoms with Crippen LogP contribution < -0.4 is 14.2 Å². The summed E-state index contributed by atoms with van der Waals surface area (Å²) in [6, 6.07) is 9.15. The lowest BCUT2D eigenvalue weighted by Gasteiger charge is -2.28. The van der Waals surface area contributed by atoms with E-state index >= 15 is 0 Å². The summed E-state index contributed by atoms with van der Waals surface area (Å²) in [7, 11) is -1.25. The van der Waals surface area contributed by atoms with E-state index in [1.54, 1.807) is 24.1 Å². The molecule has 0 saturated heterocycles. The second-order valence-corrected chi connectivity index (χ2v) is 9.72. The first-order valence-corrected chi connectivity index (χ1v) is 12.6. The summed E-state index contributed by atoms with van der Waals surface area (Å²) in [5.41, 5.74) is 0.653. The molecule has 10 heteroatoms. The Morgan fingerprint density at radius 3 is 2.41 bits per heavy atom. The smallest absolute Gasteiger partial charge is 0.339 e. The Balaban J connectivity index is 1.78. The molecule has 1 fully saturated rings. The van der Waals surface area contributed by atoms with Crippen LogP contribution in [-0.4, -0.2) is 52.8 Å². The predicted octanol–water partition coefficient (Wildman–Crippen LogP) is 4.09. The van der Waals surface area contributed by atoms with Gasteiger partial charge in [0.25, 0.3) is 0 Å². The van der Waals surface area contributed by atoms with Crippen molar-refractivity contribution in [1.82, 2.24) is 10.2 Å². The van der Waals surface area contributed by atoms with Crippen molar-refractivity contribution in [3.8, 4) is 11.5 Å². The Bertz CT molecular complexity index is 1060. The zero-order valence-corrected chi connectivity index (χ0v) is 20.3. The molecule has 186 valence electrons. The van der Waals surface area contributed by atoms with Crippen LogP contribution in [0.4, 0.5) is 9.18 Å². The topological polar surface area (TPSA) is 94.2 Å². The molecule has 0 aromatic heterocycles. The molecule has 2 aromatic rings. The van der Waals surface area contributed by atoms with Crippen LogP contribution in [0.25, 0.3) is 0 Å². The van der Waals surface area contributed by atoms with E-state index < -0.39 is 15.9 Å². The summed E-state index contributed by atoms with van der Waals surface area (Å²) in [4.78, 5) is 14.4. The highest BCUT2D eigenvalue weighted by Gasteiger charge is 2.22. The molecule has 8 nitrogen and oxygen atoms in total. The van der Waals surface area contributed by atoms with Crippen molar-refractivity contribution >= 4 is 16.1 Å². The lowest BCUT2D eigenvalue weighted by atomic mass is 9.96. The molecule has 0 heterocycles. The number of urea groups is 1. The number of carbonyl (C=O) groups is 1. The summed E-state index contributed by atoms with van der Waals surface area (Å²) >= 11 is 0. The van der Waals surface area contributed by atoms with Crippen LogP contribution >= 0.6 is 0 Å². The quantitative estimate of drug-likeness (QED) is 0.500. The van der Waals surface area contributed by atoms with Crippen LogP contribution in [0.2, 0.25) is 0 Å². The van der Waals surface area contributed by atoms with Gasteiger partial charge in [-0.15, -0.1) is 0 Å². The molecule has 0 unspecified atom stereocenters. The fourth-order valence-corrected chi connectivity index (χ4v) is 4.77. The number of ether oxygens (including phenoxy) is 2. The maximum Gasteiger partial charge on any atom is 0.339 e. The number of benzene rings is 2. The van der Waals surface area contributed by atoms with Gasteiger partial charge in [-0.05, 0) is 54.8 Å². The zero-order chi connectivity index (χ0) is 24.6. The number of hydrogen-bond acceptors (Lipinski definition) is 6. The van der Waals surface area contributed by atoms with Crippen molar-refractivity contribution in [2.45, 2.75) is 49.6 Å². The van der Waals surface area contributed by atoms with Crippen molar-refractivity contribution in [1.29, 1.82) is 0 Å². The average Bonchev–Trinajstić information content (AvgIpc) is 2.82. The monoisotopic (exact) mass is 494 g/mol. The number of rotatable bonds is 10. The summed E-state index contributed by atoms with van der Waals surface area (Å²) in [5.74, 6) is -0.366. The molecule has 2 aromatic carbocycles. The fourth-order valence-electron chi connectivity index (χ4n) is 3.84. The first kappa shape index (κ1) is 25.8. The average molecular weight is 495 g/mol. The normalized spacial score (nSPS) is 14.4. The Labute approximate surface area is 200 Å². The molecule has 0 atom stereocenters. The molecule has 0 aliphatic heterocycles. The molecule has 3 rings (SSSR count). The Hall–Kier alpha value is -2.85. The predicted molar refractivity (Wildman–Crippen MR) is 125 cm³/mol. The van der Waals surface area contributed by atoms with Gasteiger partial charge in [0.05, 0.1) is 13.7 Å². The second kappa shape index (κ2) is 12.0. The summed E-state index contributed by atoms with van der Waals surface area (Å²) in [6.07, 6.45) is 5.32. The lowest BCUT2D eigenvalue weighted by Crippen LogP contribution is -2.46. The molecular weight excluding hydrogens is 463 g/mol. The minimum absolute atomic E-state index is 0.0243. The maximum absolute atomic E-state index is 13.2. The second-order valence-electron chi connectivity index (χ2n) is 8.18. The number of nitrogens with one attached hydrogen (secondary N) is 1. The summed E-state index contributed by atoms with van der Waals surface area (Å²) in [5, 5.41) is 3.10. The molecule has 0 radical (unpaired) electrons. The van der Waals surface area contributed by atoms with Crippen LogP contribution in [-0.2, 0) is 21.4 Å². The third-order valence-electron chi connectivity index (χ3n) is 5.69. The van der Waals surface area contributed by atoms with Crippen LogP contribution in [0.15, 0.2) is 47.4 Å². The Kier molecular flexibility index (Phi) is 9.12. The molecule has 34 heavy (non-hydrogen) atoms. The van der Waals surface area contributed by atoms with Crippen molar-refractivity contribution in [3.05, 3.63) is 53.8 Å². The maximum atomic E-state index is 13.2. The Morgan fingerprint density at radius 2 is 1.76 bits per heavy atom. The van der Waals surface area contributed by atoms with Crippen molar-refractivity contribution in [3.63, 3.8) is 0 Å². The zero-order valence-electron chi connectivity index (χ0n) is 19.5. The number of nitrogens with zero attached hydrogens (tertiary/aromatic N) is 1. The molecule has 1 aliphatic carbocycles. The van der Waals surface area contributed by atoms with Crippen LogP contribution in [0.3, 0.4) is 0 Å². The molecule has 0 spiro atoms. The SMILES string of the molecule is COCCN(Cc1ccc(OC)c(OS(=O)(=O)c2ccc(F)cc2)c1)C(=O)NC1CCCCC1. The molecular formula is C24H31FN2O6S. The van der Waals surface area contributed by atoms with E-state index in [1.807, 2.05) is 0 Å². The molecule has 0 bridgehead atoms. The third kappa shape index (κ3) is 7.07. The highest BCUT2D eigenvalue weighted by molar-refractivity contribution is 7.87. The molecule has 1 aliphatic rings. The van der Waals surface area contributed by atoms with Gasteiger partial charge < -0.3 is 23.9 Å². The minimum atomic E-state index is -4.22. The molecule has 2 amide bonds. The minimum Gasteiger partial charge on any atom is -0.493 e. The molecule has 1 saturated carbocycles. The number of methoxy groups -OCH3 is 2. The first-order valence-electron chi connectivity index (χ1n) is 11.2. The van der Waals surface area contributed by atoms with Gasteiger partial charge in [0.1, 0.15) is 10.7 Å². The largest absolute Gasteiger partial charge is 0.493 e. The van der Waals surface area contributed by atoms with Gasteiger partial charge in [0.2, 0.25) is 0 Å². The van der Waals surface area contributed by atoms with E-state index in [9.17, 15) is 17.6 Å². The van der Waals surface area contributed by atoms with Crippen LogP contribution in [0.1, 0.15) is 37.7 Å². The fraction of sp³-hybridized carbons (Fsp3) is 0.458. The first-order chi connectivity index (χ1) is 16.3. The number of halogens is 1. The van der Waals surface area contributed by atoms with Gasteiger partial charge in [-0.25, -0.2) is 9.18 Å². The van der Waals surface area contributed by atoms with Gasteiger partial charge in [-0.3, -0.25) is 0 Å². The van der Waals surface area contributed by atoms with Crippen molar-refractivity contribution in [2.75, 3.05) is 27.4 Å². The summed E-state index contributed by atoms with van der Waals surface area (Å²) in [6.45, 7) is 0.945. The van der Waals surface area contributed by atoms with Gasteiger partial charge >= 0.3 is 16.1 Å². The molecule has 1 N–H and O–H groups in total. The van der Waals surface area contributed by atoms with E-state index in [2.05, 4.69) is 5.32 Å². The number of amides is 2. The van der Waals surface area contributed by atoms with Crippen LogP contribution in [0, 0.1) is 5.82 Å². The van der Waals surface area contributed by atoms with Gasteiger partial charge in [-0.1, -0.05) is 25.3 Å². The standard InChI is InChI=1S/C24H31FN2O6S/c1-31-15-14-27(24(28)26-20-6-4-3-5-7-20)17-18-8-13-22(32-2)23(16-18)33-34(29,30)21-11-9-19(25)10-12-21/h8-13,16,20H,3-7,14-15,17H2,1-2H3,(H,26,28). The van der Waals surface area contributed by atoms with E-state index in [0.29, 0.717) is 18.7 Å². The van der Waals surface area contributed by atoms with Gasteiger partial charge in [0.15, 0.2) is 11.5 Å². The van der Waals surface area contributed by atoms with Gasteiger partial charge in [-0.2, -0.15) is 8.42 Å². The van der Waals surface area contributed by atoms with Crippen molar-refractivity contribution < 1.29 is 31.3 Å². The van der Waals surface area contributed by atoms with E-state index in [1.165, 1.54) is 19.6 Å². The Morgan fingerprint density at radius 1 is 1.06 bits per heavy atom.